The highest BCUT2D eigenvalue weighted by molar-refractivity contribution is 5.94. The molecule has 0 aliphatic heterocycles. The Bertz CT molecular complexity index is 929. The van der Waals surface area contributed by atoms with E-state index in [1.54, 1.807) is 12.5 Å². The molecule has 4 nitrogen and oxygen atoms in total. The molecule has 3 aromatic rings. The number of aryl methyl sites for hydroxylation is 2. The molecule has 28 heavy (non-hydrogen) atoms. The lowest BCUT2D eigenvalue weighted by Crippen LogP contribution is -2.28. The van der Waals surface area contributed by atoms with Crippen molar-refractivity contribution in [2.24, 2.45) is 0 Å². The molecule has 0 saturated heterocycles. The second kappa shape index (κ2) is 8.42. The molecule has 2 aromatic carbocycles. The van der Waals surface area contributed by atoms with Crippen LogP contribution in [0.25, 0.3) is 0 Å². The summed E-state index contributed by atoms with van der Waals surface area (Å²) in [6.45, 7) is 2.88. The summed E-state index contributed by atoms with van der Waals surface area (Å²) in [7, 11) is 0. The first-order valence-electron chi connectivity index (χ1n) is 10.2. The maximum atomic E-state index is 12.8. The number of hydrogen-bond acceptors (Lipinski definition) is 2. The quantitative estimate of drug-likeness (QED) is 0.681. The van der Waals surface area contributed by atoms with Crippen LogP contribution in [0.4, 0.5) is 0 Å². The summed E-state index contributed by atoms with van der Waals surface area (Å²) in [6, 6.07) is 14.6. The summed E-state index contributed by atoms with van der Waals surface area (Å²) in [5, 5.41) is 3.22. The van der Waals surface area contributed by atoms with Crippen LogP contribution in [0.5, 0.6) is 0 Å². The van der Waals surface area contributed by atoms with Gasteiger partial charge in [0.05, 0.1) is 12.4 Å². The zero-order valence-electron chi connectivity index (χ0n) is 16.4. The first-order chi connectivity index (χ1) is 13.7. The molecule has 1 atom stereocenters. The third-order valence-electron chi connectivity index (χ3n) is 5.63. The molecule has 0 fully saturated rings. The van der Waals surface area contributed by atoms with Crippen molar-refractivity contribution in [3.05, 3.63) is 89.0 Å². The van der Waals surface area contributed by atoms with Gasteiger partial charge in [-0.1, -0.05) is 37.3 Å². The largest absolute Gasteiger partial charge is 0.345 e. The molecule has 1 heterocycles. The minimum atomic E-state index is -0.0150. The van der Waals surface area contributed by atoms with Crippen LogP contribution in [0.2, 0.25) is 0 Å². The van der Waals surface area contributed by atoms with E-state index < -0.39 is 0 Å². The lowest BCUT2D eigenvalue weighted by atomic mass is 9.88. The smallest absolute Gasteiger partial charge is 0.251 e. The Kier molecular flexibility index (Phi) is 5.56. The molecule has 0 unspecified atom stereocenters. The highest BCUT2D eigenvalue weighted by Gasteiger charge is 2.17. The maximum Gasteiger partial charge on any atom is 0.251 e. The van der Waals surface area contributed by atoms with Crippen molar-refractivity contribution in [2.45, 2.75) is 51.6 Å². The number of imidazole rings is 1. The van der Waals surface area contributed by atoms with Gasteiger partial charge in [0.2, 0.25) is 0 Å². The number of nitrogens with one attached hydrogen (secondary N) is 1. The molecular weight excluding hydrogens is 346 g/mol. The Morgan fingerprint density at radius 1 is 1.11 bits per heavy atom. The average Bonchev–Trinajstić information content (AvgIpc) is 3.25. The third kappa shape index (κ3) is 4.16. The van der Waals surface area contributed by atoms with Gasteiger partial charge >= 0.3 is 0 Å². The molecule has 0 spiro atoms. The van der Waals surface area contributed by atoms with Gasteiger partial charge in [0.1, 0.15) is 0 Å². The highest BCUT2D eigenvalue weighted by Crippen LogP contribution is 2.26. The van der Waals surface area contributed by atoms with Gasteiger partial charge in [-0.15, -0.1) is 0 Å². The summed E-state index contributed by atoms with van der Waals surface area (Å²) in [5.41, 5.74) is 6.00. The van der Waals surface area contributed by atoms with Crippen LogP contribution in [-0.2, 0) is 19.4 Å². The average molecular weight is 374 g/mol. The number of amides is 1. The van der Waals surface area contributed by atoms with Crippen LogP contribution in [0.3, 0.4) is 0 Å². The summed E-state index contributed by atoms with van der Waals surface area (Å²) in [4.78, 5) is 16.8. The van der Waals surface area contributed by atoms with E-state index in [4.69, 9.17) is 0 Å². The topological polar surface area (TPSA) is 46.9 Å². The molecule has 1 aliphatic rings. The van der Waals surface area contributed by atoms with Gasteiger partial charge in [0, 0.05) is 24.5 Å². The molecule has 144 valence electrons. The van der Waals surface area contributed by atoms with E-state index >= 15 is 0 Å². The fourth-order valence-corrected chi connectivity index (χ4v) is 3.99. The molecule has 0 saturated carbocycles. The number of benzene rings is 2. The van der Waals surface area contributed by atoms with Crippen LogP contribution >= 0.6 is 0 Å². The highest BCUT2D eigenvalue weighted by atomic mass is 16.1. The van der Waals surface area contributed by atoms with Crippen molar-refractivity contribution in [1.82, 2.24) is 14.9 Å². The van der Waals surface area contributed by atoms with Gasteiger partial charge in [-0.3, -0.25) is 4.79 Å². The first kappa shape index (κ1) is 18.5. The third-order valence-corrected chi connectivity index (χ3v) is 5.63. The number of rotatable bonds is 6. The second-order valence-electron chi connectivity index (χ2n) is 7.60. The van der Waals surface area contributed by atoms with Crippen molar-refractivity contribution >= 4 is 5.91 Å². The number of aromatic nitrogens is 2. The van der Waals surface area contributed by atoms with E-state index in [-0.39, 0.29) is 11.9 Å². The Morgan fingerprint density at radius 3 is 2.61 bits per heavy atom. The molecule has 1 aliphatic carbocycles. The number of carbonyl (C=O) groups is 1. The van der Waals surface area contributed by atoms with Crippen molar-refractivity contribution < 1.29 is 4.79 Å². The zero-order valence-corrected chi connectivity index (χ0v) is 16.4. The van der Waals surface area contributed by atoms with Gasteiger partial charge in [0.25, 0.3) is 5.91 Å². The zero-order chi connectivity index (χ0) is 19.3. The van der Waals surface area contributed by atoms with Crippen LogP contribution in [0.15, 0.2) is 61.2 Å². The number of fused-ring (bicyclic) bond motifs is 1. The Morgan fingerprint density at radius 2 is 1.89 bits per heavy atom. The van der Waals surface area contributed by atoms with E-state index in [1.165, 1.54) is 36.0 Å². The summed E-state index contributed by atoms with van der Waals surface area (Å²) < 4.78 is 2.01. The number of hydrogen-bond donors (Lipinski definition) is 1. The molecule has 0 radical (unpaired) electrons. The predicted octanol–water partition coefficient (Wildman–Crippen LogP) is 4.69. The normalized spacial score (nSPS) is 14.3. The van der Waals surface area contributed by atoms with Gasteiger partial charge < -0.3 is 9.88 Å². The lowest BCUT2D eigenvalue weighted by Gasteiger charge is -2.22. The van der Waals surface area contributed by atoms with E-state index in [2.05, 4.69) is 35.4 Å². The van der Waals surface area contributed by atoms with Crippen LogP contribution in [-0.4, -0.2) is 15.5 Å². The van der Waals surface area contributed by atoms with Gasteiger partial charge in [0.15, 0.2) is 0 Å². The lowest BCUT2D eigenvalue weighted by molar-refractivity contribution is 0.0935. The molecule has 1 amide bonds. The van der Waals surface area contributed by atoms with Crippen molar-refractivity contribution in [2.75, 3.05) is 0 Å². The monoisotopic (exact) mass is 373 g/mol. The molecular formula is C24H27N3O. The summed E-state index contributed by atoms with van der Waals surface area (Å²) >= 11 is 0. The number of carbonyl (C=O) groups excluding carboxylic acids is 1. The Labute approximate surface area is 166 Å². The first-order valence-corrected chi connectivity index (χ1v) is 10.2. The maximum absolute atomic E-state index is 12.8. The summed E-state index contributed by atoms with van der Waals surface area (Å²) in [5.74, 6) is -0.0150. The minimum Gasteiger partial charge on any atom is -0.345 e. The molecule has 4 rings (SSSR count). The van der Waals surface area contributed by atoms with Crippen molar-refractivity contribution in [3.63, 3.8) is 0 Å². The number of nitrogens with zero attached hydrogens (tertiary/aromatic N) is 2. The van der Waals surface area contributed by atoms with Crippen LogP contribution in [0.1, 0.15) is 64.8 Å². The van der Waals surface area contributed by atoms with E-state index in [0.717, 1.165) is 24.9 Å². The van der Waals surface area contributed by atoms with Gasteiger partial charge in [-0.05, 0) is 66.5 Å². The Hall–Kier alpha value is -2.88. The van der Waals surface area contributed by atoms with Crippen molar-refractivity contribution in [3.8, 4) is 0 Å². The Balaban J connectivity index is 1.44. The molecule has 1 N–H and O–H groups in total. The van der Waals surface area contributed by atoms with E-state index in [1.807, 2.05) is 35.0 Å². The fraction of sp³-hybridized carbons (Fsp3) is 0.333. The van der Waals surface area contributed by atoms with Crippen molar-refractivity contribution in [1.29, 1.82) is 0 Å². The van der Waals surface area contributed by atoms with Crippen LogP contribution in [0, 0.1) is 0 Å². The molecule has 0 bridgehead atoms. The van der Waals surface area contributed by atoms with E-state index in [0.29, 0.717) is 5.56 Å². The predicted molar refractivity (Wildman–Crippen MR) is 111 cm³/mol. The molecule has 1 aromatic heterocycles. The fourth-order valence-electron chi connectivity index (χ4n) is 3.99. The summed E-state index contributed by atoms with van der Waals surface area (Å²) in [6.07, 6.45) is 11.3. The van der Waals surface area contributed by atoms with Gasteiger partial charge in [-0.2, -0.15) is 0 Å². The minimum absolute atomic E-state index is 0.0150. The van der Waals surface area contributed by atoms with E-state index in [9.17, 15) is 4.79 Å². The second-order valence-corrected chi connectivity index (χ2v) is 7.60. The standard InChI is InChI=1S/C24H27N3O/c1-2-23(22-12-11-19-5-3-4-6-21(19)15-22)26-24(28)20-9-7-18(8-10-20)16-27-14-13-25-17-27/h7-15,17,23H,2-6,16H2,1H3,(H,26,28)/t23-/m1/s1. The van der Waals surface area contributed by atoms with Crippen LogP contribution < -0.4 is 5.32 Å². The molecule has 4 heteroatoms. The van der Waals surface area contributed by atoms with Gasteiger partial charge in [-0.25, -0.2) is 4.98 Å². The SMILES string of the molecule is CC[C@@H](NC(=O)c1ccc(Cn2ccnc2)cc1)c1ccc2c(c1)CCCC2.